The minimum absolute atomic E-state index is 0.0326. The van der Waals surface area contributed by atoms with E-state index in [9.17, 15) is 4.79 Å². The van der Waals surface area contributed by atoms with E-state index in [1.54, 1.807) is 13.0 Å². The third-order valence-corrected chi connectivity index (χ3v) is 1.77. The van der Waals surface area contributed by atoms with Gasteiger partial charge in [-0.2, -0.15) is 0 Å². The summed E-state index contributed by atoms with van der Waals surface area (Å²) in [4.78, 5) is 11.4. The van der Waals surface area contributed by atoms with Gasteiger partial charge >= 0.3 is 0 Å². The molecule has 0 aliphatic rings. The molecule has 0 aliphatic heterocycles. The number of rotatable bonds is 3. The highest BCUT2D eigenvalue weighted by atomic mass is 16.3. The maximum atomic E-state index is 11.4. The molecule has 2 nitrogen and oxygen atoms in total. The maximum Gasteiger partial charge on any atom is 0.199 e. The standard InChI is InChI=1S/C11H12O2/c1-3-4-5-6-10(12)11-9(2)7-8-13-11/h7-8H,5-6H2,1-2H3. The van der Waals surface area contributed by atoms with Crippen LogP contribution in [0.5, 0.6) is 0 Å². The van der Waals surface area contributed by atoms with Crippen molar-refractivity contribution in [2.24, 2.45) is 0 Å². The molecule has 2 heteroatoms. The first-order valence-corrected chi connectivity index (χ1v) is 4.22. The molecule has 1 heterocycles. The van der Waals surface area contributed by atoms with E-state index < -0.39 is 0 Å². The average molecular weight is 176 g/mol. The lowest BCUT2D eigenvalue weighted by Gasteiger charge is -1.94. The quantitative estimate of drug-likeness (QED) is 0.523. The van der Waals surface area contributed by atoms with Gasteiger partial charge in [0.1, 0.15) is 0 Å². The Hall–Kier alpha value is -1.49. The SMILES string of the molecule is CC#CCCC(=O)c1occc1C. The van der Waals surface area contributed by atoms with Gasteiger partial charge in [-0.15, -0.1) is 11.8 Å². The van der Waals surface area contributed by atoms with Crippen LogP contribution in [0.15, 0.2) is 16.7 Å². The predicted molar refractivity (Wildman–Crippen MR) is 50.5 cm³/mol. The van der Waals surface area contributed by atoms with Crippen LogP contribution in [0, 0.1) is 18.8 Å². The van der Waals surface area contributed by atoms with Crippen LogP contribution in [0.1, 0.15) is 35.9 Å². The first kappa shape index (κ1) is 9.60. The Morgan fingerprint density at radius 2 is 2.38 bits per heavy atom. The van der Waals surface area contributed by atoms with Gasteiger partial charge in [0.2, 0.25) is 0 Å². The van der Waals surface area contributed by atoms with Crippen LogP contribution < -0.4 is 0 Å². The fraction of sp³-hybridized carbons (Fsp3) is 0.364. The second-order valence-corrected chi connectivity index (χ2v) is 2.78. The summed E-state index contributed by atoms with van der Waals surface area (Å²) in [6, 6.07) is 1.79. The molecule has 0 saturated heterocycles. The summed E-state index contributed by atoms with van der Waals surface area (Å²) in [6.07, 6.45) is 2.58. The van der Waals surface area contributed by atoms with E-state index in [4.69, 9.17) is 4.42 Å². The zero-order chi connectivity index (χ0) is 9.68. The molecule has 0 N–H and O–H groups in total. The van der Waals surface area contributed by atoms with Crippen molar-refractivity contribution in [3.63, 3.8) is 0 Å². The van der Waals surface area contributed by atoms with Gasteiger partial charge in [-0.25, -0.2) is 0 Å². The summed E-state index contributed by atoms with van der Waals surface area (Å²) in [5.41, 5.74) is 0.898. The van der Waals surface area contributed by atoms with Gasteiger partial charge in [0.15, 0.2) is 11.5 Å². The number of ketones is 1. The third kappa shape index (κ3) is 2.48. The summed E-state index contributed by atoms with van der Waals surface area (Å²) in [6.45, 7) is 3.63. The molecule has 1 aromatic rings. The van der Waals surface area contributed by atoms with Gasteiger partial charge in [0, 0.05) is 12.8 Å². The van der Waals surface area contributed by atoms with Crippen LogP contribution in [0.25, 0.3) is 0 Å². The van der Waals surface area contributed by atoms with Gasteiger partial charge in [-0.05, 0) is 25.5 Å². The largest absolute Gasteiger partial charge is 0.461 e. The molecule has 13 heavy (non-hydrogen) atoms. The van der Waals surface area contributed by atoms with Crippen molar-refractivity contribution in [3.8, 4) is 11.8 Å². The Balaban J connectivity index is 2.57. The van der Waals surface area contributed by atoms with Crippen molar-refractivity contribution in [1.29, 1.82) is 0 Å². The van der Waals surface area contributed by atoms with Crippen LogP contribution in [-0.2, 0) is 0 Å². The molecule has 0 atom stereocenters. The number of furan rings is 1. The molecule has 0 bridgehead atoms. The van der Waals surface area contributed by atoms with E-state index in [0.29, 0.717) is 18.6 Å². The van der Waals surface area contributed by atoms with E-state index in [0.717, 1.165) is 5.56 Å². The van der Waals surface area contributed by atoms with Gasteiger partial charge in [0.25, 0.3) is 0 Å². The Morgan fingerprint density at radius 3 is 2.92 bits per heavy atom. The molecule has 0 saturated carbocycles. The van der Waals surface area contributed by atoms with Crippen molar-refractivity contribution < 1.29 is 9.21 Å². The molecule has 68 valence electrons. The number of carbonyl (C=O) groups is 1. The lowest BCUT2D eigenvalue weighted by Crippen LogP contribution is -1.97. The lowest BCUT2D eigenvalue weighted by atomic mass is 10.1. The van der Waals surface area contributed by atoms with E-state index >= 15 is 0 Å². The second-order valence-electron chi connectivity index (χ2n) is 2.78. The highest BCUT2D eigenvalue weighted by molar-refractivity contribution is 5.94. The van der Waals surface area contributed by atoms with Gasteiger partial charge in [-0.3, -0.25) is 4.79 Å². The smallest absolute Gasteiger partial charge is 0.199 e. The van der Waals surface area contributed by atoms with Gasteiger partial charge < -0.3 is 4.42 Å². The maximum absolute atomic E-state index is 11.4. The van der Waals surface area contributed by atoms with Crippen molar-refractivity contribution in [2.45, 2.75) is 26.7 Å². The minimum atomic E-state index is 0.0326. The number of aryl methyl sites for hydroxylation is 1. The molecule has 0 radical (unpaired) electrons. The molecule has 1 rings (SSSR count). The molecule has 0 unspecified atom stereocenters. The number of carbonyl (C=O) groups excluding carboxylic acids is 1. The minimum Gasteiger partial charge on any atom is -0.461 e. The Morgan fingerprint density at radius 1 is 1.62 bits per heavy atom. The van der Waals surface area contributed by atoms with Crippen LogP contribution in [0.2, 0.25) is 0 Å². The van der Waals surface area contributed by atoms with Crippen molar-refractivity contribution in [1.82, 2.24) is 0 Å². The zero-order valence-electron chi connectivity index (χ0n) is 7.89. The first-order valence-electron chi connectivity index (χ1n) is 4.22. The summed E-state index contributed by atoms with van der Waals surface area (Å²) in [5.74, 6) is 6.10. The fourth-order valence-corrected chi connectivity index (χ4v) is 1.07. The molecular weight excluding hydrogens is 164 g/mol. The van der Waals surface area contributed by atoms with E-state index in [1.807, 2.05) is 6.92 Å². The second kappa shape index (κ2) is 4.51. The molecule has 0 aliphatic carbocycles. The topological polar surface area (TPSA) is 30.2 Å². The normalized spacial score (nSPS) is 9.08. The first-order chi connectivity index (χ1) is 6.25. The zero-order valence-corrected chi connectivity index (χ0v) is 7.89. The van der Waals surface area contributed by atoms with E-state index in [-0.39, 0.29) is 5.78 Å². The molecule has 0 fully saturated rings. The number of Topliss-reactive ketones (excluding diaryl/α,β-unsaturated/α-hetero) is 1. The number of hydrogen-bond donors (Lipinski definition) is 0. The van der Waals surface area contributed by atoms with Crippen LogP contribution in [0.4, 0.5) is 0 Å². The van der Waals surface area contributed by atoms with E-state index in [2.05, 4.69) is 11.8 Å². The van der Waals surface area contributed by atoms with Crippen molar-refractivity contribution in [2.75, 3.05) is 0 Å². The Labute approximate surface area is 77.9 Å². The third-order valence-electron chi connectivity index (χ3n) is 1.77. The highest BCUT2D eigenvalue weighted by Gasteiger charge is 2.10. The molecule has 0 amide bonds. The Bertz CT molecular complexity index is 350. The highest BCUT2D eigenvalue weighted by Crippen LogP contribution is 2.11. The van der Waals surface area contributed by atoms with Crippen LogP contribution >= 0.6 is 0 Å². The summed E-state index contributed by atoms with van der Waals surface area (Å²) in [7, 11) is 0. The van der Waals surface area contributed by atoms with Crippen LogP contribution in [-0.4, -0.2) is 5.78 Å². The van der Waals surface area contributed by atoms with Gasteiger partial charge in [0.05, 0.1) is 6.26 Å². The molecule has 0 aromatic carbocycles. The predicted octanol–water partition coefficient (Wildman–Crippen LogP) is 2.57. The van der Waals surface area contributed by atoms with E-state index in [1.165, 1.54) is 6.26 Å². The molecule has 0 spiro atoms. The monoisotopic (exact) mass is 176 g/mol. The fourth-order valence-electron chi connectivity index (χ4n) is 1.07. The molecular formula is C11H12O2. The van der Waals surface area contributed by atoms with Crippen LogP contribution in [0.3, 0.4) is 0 Å². The molecule has 1 aromatic heterocycles. The average Bonchev–Trinajstić information content (AvgIpc) is 2.52. The summed E-state index contributed by atoms with van der Waals surface area (Å²) in [5, 5.41) is 0. The summed E-state index contributed by atoms with van der Waals surface area (Å²) >= 11 is 0. The van der Waals surface area contributed by atoms with Crippen molar-refractivity contribution in [3.05, 3.63) is 23.7 Å². The lowest BCUT2D eigenvalue weighted by molar-refractivity contribution is 0.0956. The van der Waals surface area contributed by atoms with Crippen molar-refractivity contribution >= 4 is 5.78 Å². The van der Waals surface area contributed by atoms with Gasteiger partial charge in [-0.1, -0.05) is 0 Å². The summed E-state index contributed by atoms with van der Waals surface area (Å²) < 4.78 is 5.06. The number of hydrogen-bond acceptors (Lipinski definition) is 2. The Kier molecular flexibility index (Phi) is 3.33.